The molecule has 0 unspecified atom stereocenters. The van der Waals surface area contributed by atoms with Crippen molar-refractivity contribution in [3.8, 4) is 0 Å². The van der Waals surface area contributed by atoms with Crippen molar-refractivity contribution in [2.24, 2.45) is 0 Å². The number of halogens is 1. The van der Waals surface area contributed by atoms with Gasteiger partial charge in [-0.05, 0) is 12.0 Å². The van der Waals surface area contributed by atoms with Crippen LogP contribution in [0.5, 0.6) is 0 Å². The van der Waals surface area contributed by atoms with Crippen molar-refractivity contribution in [3.05, 3.63) is 33.9 Å². The average molecular weight is 298 g/mol. The molecule has 2 aromatic rings. The number of carbonyl (C=O) groups is 1. The number of carboxylic acids is 1. The van der Waals surface area contributed by atoms with Crippen molar-refractivity contribution >= 4 is 39.9 Å². The SMILES string of the molecule is CC(C)c1csc(Nc2ncc(C(=O)O)cc2Cl)n1. The smallest absolute Gasteiger partial charge is 0.337 e. The number of hydrogen-bond donors (Lipinski definition) is 2. The molecular weight excluding hydrogens is 286 g/mol. The minimum Gasteiger partial charge on any atom is -0.478 e. The molecular formula is C12H12ClN3O2S. The predicted octanol–water partition coefficient (Wildman–Crippen LogP) is 3.76. The number of aromatic carboxylic acids is 1. The van der Waals surface area contributed by atoms with Gasteiger partial charge in [0.25, 0.3) is 0 Å². The number of pyridine rings is 1. The molecule has 0 fully saturated rings. The van der Waals surface area contributed by atoms with Gasteiger partial charge in [-0.25, -0.2) is 14.8 Å². The molecule has 7 heteroatoms. The number of thiazole rings is 1. The van der Waals surface area contributed by atoms with E-state index in [4.69, 9.17) is 16.7 Å². The van der Waals surface area contributed by atoms with Gasteiger partial charge in [0.2, 0.25) is 0 Å². The van der Waals surface area contributed by atoms with Gasteiger partial charge >= 0.3 is 5.97 Å². The Morgan fingerprint density at radius 3 is 2.79 bits per heavy atom. The lowest BCUT2D eigenvalue weighted by Crippen LogP contribution is -2.00. The maximum absolute atomic E-state index is 10.8. The van der Waals surface area contributed by atoms with Crippen LogP contribution in [0.25, 0.3) is 0 Å². The number of carboxylic acid groups (broad SMARTS) is 1. The van der Waals surface area contributed by atoms with Crippen LogP contribution >= 0.6 is 22.9 Å². The second-order valence-electron chi connectivity index (χ2n) is 4.22. The molecule has 0 atom stereocenters. The highest BCUT2D eigenvalue weighted by Crippen LogP contribution is 2.27. The maximum Gasteiger partial charge on any atom is 0.337 e. The number of nitrogens with one attached hydrogen (secondary N) is 1. The van der Waals surface area contributed by atoms with E-state index in [2.05, 4.69) is 29.1 Å². The van der Waals surface area contributed by atoms with Crippen LogP contribution in [-0.4, -0.2) is 21.0 Å². The Morgan fingerprint density at radius 2 is 2.26 bits per heavy atom. The Morgan fingerprint density at radius 1 is 1.53 bits per heavy atom. The number of hydrogen-bond acceptors (Lipinski definition) is 5. The summed E-state index contributed by atoms with van der Waals surface area (Å²) < 4.78 is 0. The lowest BCUT2D eigenvalue weighted by atomic mass is 10.2. The molecule has 0 aliphatic rings. The van der Waals surface area contributed by atoms with Crippen molar-refractivity contribution in [1.29, 1.82) is 0 Å². The topological polar surface area (TPSA) is 75.1 Å². The lowest BCUT2D eigenvalue weighted by molar-refractivity contribution is 0.0696. The first-order valence-corrected chi connectivity index (χ1v) is 6.84. The van der Waals surface area contributed by atoms with Gasteiger partial charge < -0.3 is 10.4 Å². The van der Waals surface area contributed by atoms with Crippen molar-refractivity contribution < 1.29 is 9.90 Å². The van der Waals surface area contributed by atoms with E-state index in [1.807, 2.05) is 5.38 Å². The molecule has 19 heavy (non-hydrogen) atoms. The van der Waals surface area contributed by atoms with Crippen molar-refractivity contribution in [3.63, 3.8) is 0 Å². The molecule has 0 aliphatic carbocycles. The van der Waals surface area contributed by atoms with Gasteiger partial charge in [0.15, 0.2) is 10.9 Å². The third kappa shape index (κ3) is 3.21. The molecule has 0 radical (unpaired) electrons. The van der Waals surface area contributed by atoms with E-state index in [0.29, 0.717) is 16.9 Å². The van der Waals surface area contributed by atoms with E-state index in [1.165, 1.54) is 23.6 Å². The highest BCUT2D eigenvalue weighted by molar-refractivity contribution is 7.13. The van der Waals surface area contributed by atoms with Crippen LogP contribution in [0.1, 0.15) is 35.8 Å². The summed E-state index contributed by atoms with van der Waals surface area (Å²) in [7, 11) is 0. The van der Waals surface area contributed by atoms with Crippen molar-refractivity contribution in [2.45, 2.75) is 19.8 Å². The number of anilines is 2. The van der Waals surface area contributed by atoms with Gasteiger partial charge in [-0.2, -0.15) is 0 Å². The molecule has 2 rings (SSSR count). The Balaban J connectivity index is 2.20. The minimum atomic E-state index is -1.06. The van der Waals surface area contributed by atoms with E-state index in [-0.39, 0.29) is 10.6 Å². The van der Waals surface area contributed by atoms with Gasteiger partial charge in [-0.1, -0.05) is 25.4 Å². The molecule has 0 saturated carbocycles. The molecule has 0 amide bonds. The predicted molar refractivity (Wildman–Crippen MR) is 75.7 cm³/mol. The molecule has 100 valence electrons. The fourth-order valence-electron chi connectivity index (χ4n) is 1.36. The Hall–Kier alpha value is -1.66. The molecule has 2 aromatic heterocycles. The standard InChI is InChI=1S/C12H12ClN3O2S/c1-6(2)9-5-19-12(15-9)16-10-8(13)3-7(4-14-10)11(17)18/h3-6H,1-2H3,(H,17,18)(H,14,15,16). The van der Waals surface area contributed by atoms with Crippen LogP contribution in [0, 0.1) is 0 Å². The molecule has 0 aliphatic heterocycles. The molecule has 0 saturated heterocycles. The summed E-state index contributed by atoms with van der Waals surface area (Å²) in [5.74, 6) is -0.307. The number of rotatable bonds is 4. The van der Waals surface area contributed by atoms with E-state index >= 15 is 0 Å². The lowest BCUT2D eigenvalue weighted by Gasteiger charge is -2.05. The van der Waals surface area contributed by atoms with E-state index in [9.17, 15) is 4.79 Å². The van der Waals surface area contributed by atoms with Crippen LogP contribution in [0.4, 0.5) is 10.9 Å². The third-order valence-electron chi connectivity index (χ3n) is 2.43. The normalized spacial score (nSPS) is 10.7. The van der Waals surface area contributed by atoms with E-state index < -0.39 is 5.97 Å². The first-order valence-electron chi connectivity index (χ1n) is 5.58. The Bertz CT molecular complexity index is 613. The fraction of sp³-hybridized carbons (Fsp3) is 0.250. The largest absolute Gasteiger partial charge is 0.478 e. The highest BCUT2D eigenvalue weighted by atomic mass is 35.5. The summed E-state index contributed by atoms with van der Waals surface area (Å²) in [4.78, 5) is 19.2. The molecule has 2 heterocycles. The van der Waals surface area contributed by atoms with Crippen LogP contribution < -0.4 is 5.32 Å². The zero-order valence-corrected chi connectivity index (χ0v) is 11.9. The molecule has 0 bridgehead atoms. The second kappa shape index (κ2) is 5.54. The highest BCUT2D eigenvalue weighted by Gasteiger charge is 2.11. The zero-order valence-electron chi connectivity index (χ0n) is 10.3. The zero-order chi connectivity index (χ0) is 14.0. The third-order valence-corrected chi connectivity index (χ3v) is 3.49. The monoisotopic (exact) mass is 297 g/mol. The van der Waals surface area contributed by atoms with Gasteiger partial charge in [0.05, 0.1) is 16.3 Å². The summed E-state index contributed by atoms with van der Waals surface area (Å²) in [5, 5.41) is 14.7. The first-order chi connectivity index (χ1) is 8.97. The van der Waals surface area contributed by atoms with Gasteiger partial charge in [-0.3, -0.25) is 0 Å². The average Bonchev–Trinajstić information content (AvgIpc) is 2.80. The molecule has 5 nitrogen and oxygen atoms in total. The number of aromatic nitrogens is 2. The van der Waals surface area contributed by atoms with Crippen molar-refractivity contribution in [1.82, 2.24) is 9.97 Å². The van der Waals surface area contributed by atoms with Crippen molar-refractivity contribution in [2.75, 3.05) is 5.32 Å². The van der Waals surface area contributed by atoms with Crippen LogP contribution in [0.2, 0.25) is 5.02 Å². The van der Waals surface area contributed by atoms with Gasteiger partial charge in [0, 0.05) is 11.6 Å². The van der Waals surface area contributed by atoms with E-state index in [1.54, 1.807) is 0 Å². The fourth-order valence-corrected chi connectivity index (χ4v) is 2.44. The van der Waals surface area contributed by atoms with E-state index in [0.717, 1.165) is 5.69 Å². The summed E-state index contributed by atoms with van der Waals surface area (Å²) >= 11 is 7.44. The summed E-state index contributed by atoms with van der Waals surface area (Å²) in [5.41, 5.74) is 1.04. The minimum absolute atomic E-state index is 0.0533. The number of nitrogens with zero attached hydrogens (tertiary/aromatic N) is 2. The summed E-state index contributed by atoms with van der Waals surface area (Å²) in [6.45, 7) is 4.12. The Kier molecular flexibility index (Phi) is 4.01. The summed E-state index contributed by atoms with van der Waals surface area (Å²) in [6.07, 6.45) is 1.26. The maximum atomic E-state index is 10.8. The van der Waals surface area contributed by atoms with Crippen LogP contribution in [0.15, 0.2) is 17.6 Å². The second-order valence-corrected chi connectivity index (χ2v) is 5.48. The van der Waals surface area contributed by atoms with Gasteiger partial charge in [-0.15, -0.1) is 11.3 Å². The summed E-state index contributed by atoms with van der Waals surface area (Å²) in [6, 6.07) is 1.36. The van der Waals surface area contributed by atoms with Gasteiger partial charge in [0.1, 0.15) is 0 Å². The molecule has 0 aromatic carbocycles. The van der Waals surface area contributed by atoms with Crippen LogP contribution in [0.3, 0.4) is 0 Å². The molecule has 0 spiro atoms. The first kappa shape index (κ1) is 13.8. The quantitative estimate of drug-likeness (QED) is 0.899. The Labute approximate surface area is 119 Å². The van der Waals surface area contributed by atoms with Crippen LogP contribution in [-0.2, 0) is 0 Å². The molecule has 2 N–H and O–H groups in total.